The minimum Gasteiger partial charge on any atom is -0.284 e. The van der Waals surface area contributed by atoms with Crippen LogP contribution in [0.2, 0.25) is 0 Å². The van der Waals surface area contributed by atoms with Crippen LogP contribution in [0.3, 0.4) is 0 Å². The molecule has 0 fully saturated rings. The Balaban J connectivity index is 2.53. The van der Waals surface area contributed by atoms with Gasteiger partial charge in [0.25, 0.3) is 5.56 Å². The minimum atomic E-state index is 0.00482. The number of benzene rings is 1. The molecule has 0 bridgehead atoms. The number of hydrogen-bond donors (Lipinski definition) is 0. The number of aromatic nitrogens is 1. The van der Waals surface area contributed by atoms with Crippen LogP contribution in [-0.2, 0) is 5.33 Å². The molecule has 3 heteroatoms. The molecule has 0 aliphatic heterocycles. The Hall–Kier alpha value is -1.35. The zero-order chi connectivity index (χ0) is 12.4. The van der Waals surface area contributed by atoms with Crippen LogP contribution in [0.1, 0.15) is 16.7 Å². The summed E-state index contributed by atoms with van der Waals surface area (Å²) in [5.41, 5.74) is 4.34. The van der Waals surface area contributed by atoms with Crippen molar-refractivity contribution in [2.75, 3.05) is 0 Å². The van der Waals surface area contributed by atoms with Gasteiger partial charge >= 0.3 is 0 Å². The van der Waals surface area contributed by atoms with Gasteiger partial charge in [0.1, 0.15) is 0 Å². The summed E-state index contributed by atoms with van der Waals surface area (Å²) in [6.07, 6.45) is 1.82. The lowest BCUT2D eigenvalue weighted by Gasteiger charge is -2.08. The van der Waals surface area contributed by atoms with E-state index in [1.165, 1.54) is 11.1 Å². The Labute approximate surface area is 109 Å². The molecule has 0 unspecified atom stereocenters. The van der Waals surface area contributed by atoms with Crippen molar-refractivity contribution in [3.8, 4) is 5.69 Å². The lowest BCUT2D eigenvalue weighted by atomic mass is 10.1. The van der Waals surface area contributed by atoms with Gasteiger partial charge in [-0.2, -0.15) is 0 Å². The first-order valence-corrected chi connectivity index (χ1v) is 6.59. The van der Waals surface area contributed by atoms with Gasteiger partial charge in [-0.1, -0.05) is 22.0 Å². The lowest BCUT2D eigenvalue weighted by molar-refractivity contribution is 0.977. The van der Waals surface area contributed by atoms with Crippen LogP contribution >= 0.6 is 15.9 Å². The molecule has 0 saturated carbocycles. The quantitative estimate of drug-likeness (QED) is 0.778. The highest BCUT2D eigenvalue weighted by atomic mass is 79.9. The summed E-state index contributed by atoms with van der Waals surface area (Å²) in [6.45, 7) is 4.12. The van der Waals surface area contributed by atoms with E-state index >= 15 is 0 Å². The van der Waals surface area contributed by atoms with Gasteiger partial charge in [-0.3, -0.25) is 9.36 Å². The normalized spacial score (nSPS) is 10.5. The molecule has 0 radical (unpaired) electrons. The van der Waals surface area contributed by atoms with E-state index in [9.17, 15) is 4.79 Å². The summed E-state index contributed by atoms with van der Waals surface area (Å²) in [5, 5.41) is 0.704. The maximum Gasteiger partial charge on any atom is 0.255 e. The lowest BCUT2D eigenvalue weighted by Crippen LogP contribution is -2.17. The Morgan fingerprint density at radius 1 is 1.12 bits per heavy atom. The van der Waals surface area contributed by atoms with E-state index in [0.717, 1.165) is 11.3 Å². The van der Waals surface area contributed by atoms with Crippen LogP contribution in [0, 0.1) is 13.8 Å². The number of aryl methyl sites for hydroxylation is 2. The van der Waals surface area contributed by atoms with Crippen molar-refractivity contribution in [1.29, 1.82) is 0 Å². The summed E-state index contributed by atoms with van der Waals surface area (Å²) in [4.78, 5) is 11.9. The molecule has 0 aliphatic carbocycles. The molecule has 0 saturated heterocycles. The predicted molar refractivity (Wildman–Crippen MR) is 74.1 cm³/mol. The van der Waals surface area contributed by atoms with E-state index in [1.54, 1.807) is 10.6 Å². The largest absolute Gasteiger partial charge is 0.284 e. The van der Waals surface area contributed by atoms with E-state index in [2.05, 4.69) is 29.8 Å². The SMILES string of the molecule is Cc1ccc(-n2ccc(CBr)cc2=O)cc1C. The van der Waals surface area contributed by atoms with E-state index < -0.39 is 0 Å². The number of hydrogen-bond acceptors (Lipinski definition) is 1. The van der Waals surface area contributed by atoms with E-state index in [4.69, 9.17) is 0 Å². The Kier molecular flexibility index (Phi) is 3.48. The van der Waals surface area contributed by atoms with Crippen molar-refractivity contribution in [2.24, 2.45) is 0 Å². The molecule has 0 spiro atoms. The van der Waals surface area contributed by atoms with Gasteiger partial charge in [0.15, 0.2) is 0 Å². The molecule has 17 heavy (non-hydrogen) atoms. The molecule has 1 aromatic heterocycles. The fourth-order valence-corrected chi connectivity index (χ4v) is 2.04. The number of rotatable bonds is 2. The predicted octanol–water partition coefficient (Wildman–Crippen LogP) is 3.35. The third kappa shape index (κ3) is 2.50. The summed E-state index contributed by atoms with van der Waals surface area (Å²) in [5.74, 6) is 0. The number of alkyl halides is 1. The average Bonchev–Trinajstić information content (AvgIpc) is 2.32. The van der Waals surface area contributed by atoms with Gasteiger partial charge < -0.3 is 0 Å². The Bertz CT molecular complexity index is 601. The summed E-state index contributed by atoms with van der Waals surface area (Å²) in [7, 11) is 0. The first-order valence-electron chi connectivity index (χ1n) is 5.47. The number of pyridine rings is 1. The van der Waals surface area contributed by atoms with Gasteiger partial charge in [0.2, 0.25) is 0 Å². The molecule has 2 nitrogen and oxygen atoms in total. The van der Waals surface area contributed by atoms with E-state index in [0.29, 0.717) is 5.33 Å². The number of nitrogens with zero attached hydrogens (tertiary/aromatic N) is 1. The second-order valence-corrected chi connectivity index (χ2v) is 4.71. The maximum absolute atomic E-state index is 11.9. The van der Waals surface area contributed by atoms with Gasteiger partial charge in [-0.15, -0.1) is 0 Å². The molecule has 0 aliphatic rings. The smallest absolute Gasteiger partial charge is 0.255 e. The highest BCUT2D eigenvalue weighted by Gasteiger charge is 2.02. The molecule has 0 atom stereocenters. The summed E-state index contributed by atoms with van der Waals surface area (Å²) < 4.78 is 1.67. The first kappa shape index (κ1) is 12.1. The fourth-order valence-electron chi connectivity index (χ4n) is 1.69. The monoisotopic (exact) mass is 291 g/mol. The minimum absolute atomic E-state index is 0.00482. The fraction of sp³-hybridized carbons (Fsp3) is 0.214. The third-order valence-electron chi connectivity index (χ3n) is 2.91. The first-order chi connectivity index (χ1) is 8.11. The molecular weight excluding hydrogens is 278 g/mol. The van der Waals surface area contributed by atoms with Crippen molar-refractivity contribution in [3.05, 3.63) is 63.6 Å². The molecule has 0 amide bonds. The van der Waals surface area contributed by atoms with Crippen molar-refractivity contribution in [1.82, 2.24) is 4.57 Å². The van der Waals surface area contributed by atoms with E-state index in [-0.39, 0.29) is 5.56 Å². The van der Waals surface area contributed by atoms with Gasteiger partial charge in [0.05, 0.1) is 0 Å². The van der Waals surface area contributed by atoms with Crippen molar-refractivity contribution < 1.29 is 0 Å². The van der Waals surface area contributed by atoms with Crippen LogP contribution in [0.5, 0.6) is 0 Å². The molecule has 0 N–H and O–H groups in total. The number of halogens is 1. The highest BCUT2D eigenvalue weighted by Crippen LogP contribution is 2.13. The van der Waals surface area contributed by atoms with Gasteiger partial charge in [0, 0.05) is 23.3 Å². The molecule has 2 rings (SSSR count). The van der Waals surface area contributed by atoms with Crippen LogP contribution in [0.15, 0.2) is 41.3 Å². The zero-order valence-electron chi connectivity index (χ0n) is 9.90. The van der Waals surface area contributed by atoms with Gasteiger partial charge in [-0.05, 0) is 48.7 Å². The molecule has 88 valence electrons. The Morgan fingerprint density at radius 2 is 1.88 bits per heavy atom. The molecule has 2 aromatic rings. The topological polar surface area (TPSA) is 22.0 Å². The van der Waals surface area contributed by atoms with Gasteiger partial charge in [-0.25, -0.2) is 0 Å². The standard InChI is InChI=1S/C14H14BrNO/c1-10-3-4-13(7-11(10)2)16-6-5-12(9-15)8-14(16)17/h3-8H,9H2,1-2H3. The zero-order valence-corrected chi connectivity index (χ0v) is 11.5. The summed E-state index contributed by atoms with van der Waals surface area (Å²) >= 11 is 3.35. The van der Waals surface area contributed by atoms with Crippen molar-refractivity contribution in [2.45, 2.75) is 19.2 Å². The highest BCUT2D eigenvalue weighted by molar-refractivity contribution is 9.08. The average molecular weight is 292 g/mol. The van der Waals surface area contributed by atoms with Crippen molar-refractivity contribution >= 4 is 15.9 Å². The molecule has 1 aromatic carbocycles. The third-order valence-corrected chi connectivity index (χ3v) is 3.55. The second-order valence-electron chi connectivity index (χ2n) is 4.15. The van der Waals surface area contributed by atoms with E-state index in [1.807, 2.05) is 30.5 Å². The molecular formula is C14H14BrNO. The van der Waals surface area contributed by atoms with Crippen LogP contribution in [0.4, 0.5) is 0 Å². The van der Waals surface area contributed by atoms with Crippen LogP contribution in [-0.4, -0.2) is 4.57 Å². The Morgan fingerprint density at radius 3 is 2.47 bits per heavy atom. The maximum atomic E-state index is 11.9. The summed E-state index contributed by atoms with van der Waals surface area (Å²) in [6, 6.07) is 9.65. The van der Waals surface area contributed by atoms with Crippen molar-refractivity contribution in [3.63, 3.8) is 0 Å². The second kappa shape index (κ2) is 4.88. The van der Waals surface area contributed by atoms with Crippen LogP contribution in [0.25, 0.3) is 5.69 Å². The molecule has 1 heterocycles. The van der Waals surface area contributed by atoms with Crippen LogP contribution < -0.4 is 5.56 Å².